The van der Waals surface area contributed by atoms with Crippen LogP contribution in [0.3, 0.4) is 0 Å². The number of hydrogen-bond donors (Lipinski definition) is 2. The van der Waals surface area contributed by atoms with Crippen LogP contribution in [0.4, 0.5) is 10.2 Å². The Morgan fingerprint density at radius 3 is 2.67 bits per heavy atom. The van der Waals surface area contributed by atoms with E-state index in [1.165, 1.54) is 12.1 Å². The van der Waals surface area contributed by atoms with Crippen molar-refractivity contribution in [2.24, 2.45) is 0 Å². The maximum absolute atomic E-state index is 13.1. The molecule has 0 spiro atoms. The van der Waals surface area contributed by atoms with E-state index in [1.807, 2.05) is 13.8 Å². The maximum Gasteiger partial charge on any atom is 0.256 e. The summed E-state index contributed by atoms with van der Waals surface area (Å²) in [5.41, 5.74) is 1.04. The Morgan fingerprint density at radius 2 is 1.95 bits per heavy atom. The molecule has 2 N–H and O–H groups in total. The molecule has 0 saturated heterocycles. The van der Waals surface area contributed by atoms with Gasteiger partial charge in [-0.3, -0.25) is 4.79 Å². The molecule has 0 aliphatic carbocycles. The van der Waals surface area contributed by atoms with Crippen molar-refractivity contribution in [1.29, 1.82) is 0 Å². The van der Waals surface area contributed by atoms with Crippen molar-refractivity contribution < 1.29 is 4.39 Å². The molecule has 1 aromatic heterocycles. The summed E-state index contributed by atoms with van der Waals surface area (Å²) in [6.45, 7) is 4.77. The van der Waals surface area contributed by atoms with Gasteiger partial charge in [0.05, 0.1) is 5.56 Å². The maximum atomic E-state index is 13.1. The lowest BCUT2D eigenvalue weighted by Gasteiger charge is -2.26. The van der Waals surface area contributed by atoms with Crippen LogP contribution in [-0.2, 0) is 11.8 Å². The fraction of sp³-hybridized carbons (Fsp3) is 0.375. The van der Waals surface area contributed by atoms with E-state index >= 15 is 0 Å². The molecule has 0 atom stereocenters. The van der Waals surface area contributed by atoms with E-state index in [9.17, 15) is 9.18 Å². The van der Waals surface area contributed by atoms with Crippen molar-refractivity contribution in [2.75, 3.05) is 11.9 Å². The monoisotopic (exact) mass is 287 g/mol. The lowest BCUT2D eigenvalue weighted by molar-refractivity contribution is 0.577. The third kappa shape index (κ3) is 2.44. The molecule has 3 rings (SSSR count). The fourth-order valence-corrected chi connectivity index (χ4v) is 2.65. The van der Waals surface area contributed by atoms with Crippen molar-refractivity contribution in [2.45, 2.75) is 32.1 Å². The van der Waals surface area contributed by atoms with Gasteiger partial charge in [0.25, 0.3) is 5.56 Å². The molecule has 0 amide bonds. The van der Waals surface area contributed by atoms with Gasteiger partial charge in [0.1, 0.15) is 17.5 Å². The SMILES string of the molecule is CC(C)(c1ccc(F)cc1)c1nc2c(c(=O)[nH]1)CCCN2. The summed E-state index contributed by atoms with van der Waals surface area (Å²) in [4.78, 5) is 19.7. The number of aromatic nitrogens is 2. The standard InChI is InChI=1S/C16H18FN3O/c1-16(2,10-5-7-11(17)8-6-10)15-19-13-12(14(21)20-15)4-3-9-18-13/h5-8H,3-4,9H2,1-2H3,(H2,18,19,20,21). The topological polar surface area (TPSA) is 57.8 Å². The van der Waals surface area contributed by atoms with Crippen LogP contribution >= 0.6 is 0 Å². The van der Waals surface area contributed by atoms with Gasteiger partial charge in [0.2, 0.25) is 0 Å². The van der Waals surface area contributed by atoms with Crippen molar-refractivity contribution in [3.8, 4) is 0 Å². The summed E-state index contributed by atoms with van der Waals surface area (Å²) >= 11 is 0. The average molecular weight is 287 g/mol. The highest BCUT2D eigenvalue weighted by Crippen LogP contribution is 2.30. The number of hydrogen-bond acceptors (Lipinski definition) is 3. The quantitative estimate of drug-likeness (QED) is 0.892. The third-order valence-electron chi connectivity index (χ3n) is 4.07. The summed E-state index contributed by atoms with van der Waals surface area (Å²) in [6, 6.07) is 6.29. The molecule has 2 aromatic rings. The summed E-state index contributed by atoms with van der Waals surface area (Å²) in [7, 11) is 0. The molecule has 1 aromatic carbocycles. The van der Waals surface area contributed by atoms with Crippen LogP contribution in [0.2, 0.25) is 0 Å². The highest BCUT2D eigenvalue weighted by molar-refractivity contribution is 5.46. The number of benzene rings is 1. The predicted octanol–water partition coefficient (Wildman–Crippen LogP) is 2.59. The molecule has 0 bridgehead atoms. The van der Waals surface area contributed by atoms with E-state index in [1.54, 1.807) is 12.1 Å². The van der Waals surface area contributed by atoms with E-state index in [0.717, 1.165) is 30.5 Å². The van der Waals surface area contributed by atoms with Gasteiger partial charge in [-0.15, -0.1) is 0 Å². The highest BCUT2D eigenvalue weighted by atomic mass is 19.1. The van der Waals surface area contributed by atoms with Gasteiger partial charge in [-0.25, -0.2) is 9.37 Å². The molecule has 0 radical (unpaired) electrons. The van der Waals surface area contributed by atoms with E-state index in [0.29, 0.717) is 11.6 Å². The first-order valence-corrected chi connectivity index (χ1v) is 7.12. The molecule has 0 unspecified atom stereocenters. The van der Waals surface area contributed by atoms with Crippen LogP contribution in [0.25, 0.3) is 0 Å². The lowest BCUT2D eigenvalue weighted by Crippen LogP contribution is -2.31. The predicted molar refractivity (Wildman–Crippen MR) is 80.2 cm³/mol. The second-order valence-corrected chi connectivity index (χ2v) is 5.90. The largest absolute Gasteiger partial charge is 0.370 e. The second kappa shape index (κ2) is 4.98. The molecule has 0 saturated carbocycles. The lowest BCUT2D eigenvalue weighted by atomic mass is 9.83. The van der Waals surface area contributed by atoms with Crippen LogP contribution in [-0.4, -0.2) is 16.5 Å². The molecule has 5 heteroatoms. The second-order valence-electron chi connectivity index (χ2n) is 5.90. The highest BCUT2D eigenvalue weighted by Gasteiger charge is 2.28. The smallest absolute Gasteiger partial charge is 0.256 e. The number of H-pyrrole nitrogens is 1. The Morgan fingerprint density at radius 1 is 1.24 bits per heavy atom. The first-order valence-electron chi connectivity index (χ1n) is 7.12. The molecular formula is C16H18FN3O. The van der Waals surface area contributed by atoms with E-state index < -0.39 is 5.41 Å². The summed E-state index contributed by atoms with van der Waals surface area (Å²) < 4.78 is 13.1. The zero-order chi connectivity index (χ0) is 15.0. The van der Waals surface area contributed by atoms with E-state index in [4.69, 9.17) is 0 Å². The van der Waals surface area contributed by atoms with Gasteiger partial charge >= 0.3 is 0 Å². The Bertz CT molecular complexity index is 719. The van der Waals surface area contributed by atoms with E-state index in [-0.39, 0.29) is 11.4 Å². The Hall–Kier alpha value is -2.17. The van der Waals surface area contributed by atoms with Crippen molar-refractivity contribution in [1.82, 2.24) is 9.97 Å². The molecule has 110 valence electrons. The molecule has 1 aliphatic heterocycles. The molecule has 1 aliphatic rings. The van der Waals surface area contributed by atoms with Gasteiger partial charge in [0, 0.05) is 12.0 Å². The number of nitrogens with one attached hydrogen (secondary N) is 2. The van der Waals surface area contributed by atoms with Crippen LogP contribution < -0.4 is 10.9 Å². The molecule has 21 heavy (non-hydrogen) atoms. The van der Waals surface area contributed by atoms with E-state index in [2.05, 4.69) is 15.3 Å². The number of nitrogens with zero attached hydrogens (tertiary/aromatic N) is 1. The minimum Gasteiger partial charge on any atom is -0.370 e. The Balaban J connectivity index is 2.08. The van der Waals surface area contributed by atoms with Crippen LogP contribution in [0, 0.1) is 5.82 Å². The average Bonchev–Trinajstić information content (AvgIpc) is 2.47. The van der Waals surface area contributed by atoms with Crippen LogP contribution in [0.5, 0.6) is 0 Å². The normalized spacial score (nSPS) is 14.4. The molecule has 2 heterocycles. The van der Waals surface area contributed by atoms with Gasteiger partial charge in [-0.05, 0) is 44.4 Å². The Labute approximate surface area is 122 Å². The molecular weight excluding hydrogens is 269 g/mol. The number of rotatable bonds is 2. The van der Waals surface area contributed by atoms with Crippen molar-refractivity contribution in [3.63, 3.8) is 0 Å². The number of anilines is 1. The number of aromatic amines is 1. The van der Waals surface area contributed by atoms with Crippen LogP contribution in [0.15, 0.2) is 29.1 Å². The Kier molecular flexibility index (Phi) is 3.27. The number of fused-ring (bicyclic) bond motifs is 1. The van der Waals surface area contributed by atoms with Gasteiger partial charge in [-0.1, -0.05) is 12.1 Å². The zero-order valence-electron chi connectivity index (χ0n) is 12.2. The van der Waals surface area contributed by atoms with Crippen LogP contribution in [0.1, 0.15) is 37.2 Å². The first kappa shape index (κ1) is 13.8. The summed E-state index contributed by atoms with van der Waals surface area (Å²) in [6.07, 6.45) is 1.69. The number of halogens is 1. The minimum atomic E-state index is -0.499. The van der Waals surface area contributed by atoms with Gasteiger partial charge in [-0.2, -0.15) is 0 Å². The third-order valence-corrected chi connectivity index (χ3v) is 4.07. The van der Waals surface area contributed by atoms with Gasteiger partial charge < -0.3 is 10.3 Å². The van der Waals surface area contributed by atoms with Crippen molar-refractivity contribution >= 4 is 5.82 Å². The van der Waals surface area contributed by atoms with Gasteiger partial charge in [0.15, 0.2) is 0 Å². The molecule has 0 fully saturated rings. The summed E-state index contributed by atoms with van der Waals surface area (Å²) in [5, 5.41) is 3.19. The zero-order valence-corrected chi connectivity index (χ0v) is 12.2. The summed E-state index contributed by atoms with van der Waals surface area (Å²) in [5.74, 6) is 0.991. The fourth-order valence-electron chi connectivity index (χ4n) is 2.65. The minimum absolute atomic E-state index is 0.0858. The molecule has 4 nitrogen and oxygen atoms in total. The first-order chi connectivity index (χ1) is 9.98. The van der Waals surface area contributed by atoms with Crippen molar-refractivity contribution in [3.05, 3.63) is 57.4 Å².